The van der Waals surface area contributed by atoms with E-state index in [0.29, 0.717) is 6.54 Å². The number of methoxy groups -OCH3 is 1. The lowest BCUT2D eigenvalue weighted by molar-refractivity contribution is -0.142. The fraction of sp³-hybridized carbons (Fsp3) is 0.450. The molecule has 1 fully saturated rings. The number of hydrogen-bond donors (Lipinski definition) is 2. The van der Waals surface area contributed by atoms with Gasteiger partial charge in [0.25, 0.3) is 0 Å². The van der Waals surface area contributed by atoms with Crippen LogP contribution in [0.3, 0.4) is 0 Å². The lowest BCUT2D eigenvalue weighted by Gasteiger charge is -2.20. The van der Waals surface area contributed by atoms with Gasteiger partial charge in [-0.3, -0.25) is 14.3 Å². The summed E-state index contributed by atoms with van der Waals surface area (Å²) in [5.74, 6) is -1.05. The van der Waals surface area contributed by atoms with Gasteiger partial charge in [0.05, 0.1) is 25.1 Å². The number of benzene rings is 1. The topological polar surface area (TPSA) is 85.2 Å². The molecule has 7 heteroatoms. The van der Waals surface area contributed by atoms with Crippen molar-refractivity contribution in [2.45, 2.75) is 18.8 Å². The number of esters is 1. The van der Waals surface area contributed by atoms with E-state index in [0.717, 1.165) is 23.2 Å². The molecule has 1 aliphatic rings. The molecule has 0 spiro atoms. The van der Waals surface area contributed by atoms with Crippen molar-refractivity contribution in [1.82, 2.24) is 20.4 Å². The number of nitrogens with zero attached hydrogens (tertiary/aromatic N) is 2. The third kappa shape index (κ3) is 4.36. The highest BCUT2D eigenvalue weighted by Crippen LogP contribution is 2.28. The van der Waals surface area contributed by atoms with E-state index < -0.39 is 5.92 Å². The highest BCUT2D eigenvalue weighted by Gasteiger charge is 2.35. The van der Waals surface area contributed by atoms with Crippen LogP contribution in [-0.4, -0.2) is 48.4 Å². The van der Waals surface area contributed by atoms with Crippen LogP contribution in [-0.2, 0) is 21.4 Å². The van der Waals surface area contributed by atoms with Crippen LogP contribution >= 0.6 is 0 Å². The Kier molecular flexibility index (Phi) is 5.91. The molecule has 0 radical (unpaired) electrons. The summed E-state index contributed by atoms with van der Waals surface area (Å²) < 4.78 is 6.68. The first-order chi connectivity index (χ1) is 13.0. The number of amides is 1. The summed E-state index contributed by atoms with van der Waals surface area (Å²) in [4.78, 5) is 25.0. The third-order valence-corrected chi connectivity index (χ3v) is 5.15. The number of carbonyl (C=O) groups is 2. The second kappa shape index (κ2) is 8.35. The standard InChI is InChI=1S/C20H26N4O3/c1-13-4-6-14(7-5-13)17(20(26)27-3)11-22-19(25)18-10-21-9-16(18)15-8-23-24(2)12-15/h4-8,12,16-18,21H,9-11H2,1-3H3,(H,22,25)/t16-,17?,18+/m1/s1. The van der Waals surface area contributed by atoms with Gasteiger partial charge in [-0.25, -0.2) is 0 Å². The summed E-state index contributed by atoms with van der Waals surface area (Å²) in [5.41, 5.74) is 2.99. The van der Waals surface area contributed by atoms with Gasteiger partial charge in [0.2, 0.25) is 5.91 Å². The van der Waals surface area contributed by atoms with Crippen LogP contribution in [0.15, 0.2) is 36.7 Å². The van der Waals surface area contributed by atoms with Crippen molar-refractivity contribution >= 4 is 11.9 Å². The van der Waals surface area contributed by atoms with E-state index in [-0.39, 0.29) is 30.3 Å². The first-order valence-electron chi connectivity index (χ1n) is 9.11. The molecule has 1 aromatic heterocycles. The Hall–Kier alpha value is -2.67. The Labute approximate surface area is 159 Å². The Bertz CT molecular complexity index is 800. The number of hydrogen-bond acceptors (Lipinski definition) is 5. The van der Waals surface area contributed by atoms with Crippen LogP contribution in [0.4, 0.5) is 0 Å². The molecule has 0 aliphatic carbocycles. The van der Waals surface area contributed by atoms with Crippen LogP contribution in [0.1, 0.15) is 28.5 Å². The number of ether oxygens (including phenoxy) is 1. The zero-order valence-corrected chi connectivity index (χ0v) is 15.9. The predicted octanol–water partition coefficient (Wildman–Crippen LogP) is 1.10. The third-order valence-electron chi connectivity index (χ3n) is 5.15. The smallest absolute Gasteiger partial charge is 0.314 e. The minimum Gasteiger partial charge on any atom is -0.468 e. The highest BCUT2D eigenvalue weighted by molar-refractivity contribution is 5.83. The van der Waals surface area contributed by atoms with Crippen LogP contribution in [0.2, 0.25) is 0 Å². The van der Waals surface area contributed by atoms with Crippen molar-refractivity contribution in [2.75, 3.05) is 26.7 Å². The molecular weight excluding hydrogens is 344 g/mol. The normalized spacial score (nSPS) is 20.3. The molecule has 2 aromatic rings. The van der Waals surface area contributed by atoms with E-state index in [1.165, 1.54) is 7.11 Å². The van der Waals surface area contributed by atoms with Gasteiger partial charge in [0.1, 0.15) is 0 Å². The van der Waals surface area contributed by atoms with Gasteiger partial charge in [0, 0.05) is 38.8 Å². The van der Waals surface area contributed by atoms with Crippen LogP contribution < -0.4 is 10.6 Å². The van der Waals surface area contributed by atoms with Crippen molar-refractivity contribution in [3.05, 3.63) is 53.3 Å². The molecule has 1 amide bonds. The molecule has 1 saturated heterocycles. The second-order valence-electron chi connectivity index (χ2n) is 7.05. The van der Waals surface area contributed by atoms with Gasteiger partial charge in [-0.15, -0.1) is 0 Å². The summed E-state index contributed by atoms with van der Waals surface area (Å²) in [7, 11) is 3.23. The number of aromatic nitrogens is 2. The largest absolute Gasteiger partial charge is 0.468 e. The molecule has 7 nitrogen and oxygen atoms in total. The average molecular weight is 370 g/mol. The molecule has 0 bridgehead atoms. The van der Waals surface area contributed by atoms with E-state index in [4.69, 9.17) is 4.74 Å². The molecule has 0 saturated carbocycles. The van der Waals surface area contributed by atoms with Crippen molar-refractivity contribution < 1.29 is 14.3 Å². The molecule has 1 aliphatic heterocycles. The van der Waals surface area contributed by atoms with Gasteiger partial charge in [-0.05, 0) is 18.1 Å². The van der Waals surface area contributed by atoms with Gasteiger partial charge in [0.15, 0.2) is 0 Å². The lowest BCUT2D eigenvalue weighted by atomic mass is 9.90. The van der Waals surface area contributed by atoms with E-state index in [9.17, 15) is 9.59 Å². The summed E-state index contributed by atoms with van der Waals surface area (Å²) in [6, 6.07) is 7.70. The minimum absolute atomic E-state index is 0.0603. The minimum atomic E-state index is -0.522. The Morgan fingerprint density at radius 2 is 2.07 bits per heavy atom. The molecular formula is C20H26N4O3. The van der Waals surface area contributed by atoms with Crippen molar-refractivity contribution in [1.29, 1.82) is 0 Å². The molecule has 2 N–H and O–H groups in total. The summed E-state index contributed by atoms with van der Waals surface area (Å²) >= 11 is 0. The monoisotopic (exact) mass is 370 g/mol. The fourth-order valence-electron chi connectivity index (χ4n) is 3.55. The average Bonchev–Trinajstić information content (AvgIpc) is 3.31. The zero-order chi connectivity index (χ0) is 19.4. The molecule has 1 aromatic carbocycles. The molecule has 1 unspecified atom stereocenters. The highest BCUT2D eigenvalue weighted by atomic mass is 16.5. The molecule has 144 valence electrons. The van der Waals surface area contributed by atoms with Crippen LogP contribution in [0.25, 0.3) is 0 Å². The number of nitrogens with one attached hydrogen (secondary N) is 2. The Morgan fingerprint density at radius 3 is 2.70 bits per heavy atom. The van der Waals surface area contributed by atoms with E-state index in [1.54, 1.807) is 4.68 Å². The maximum absolute atomic E-state index is 12.8. The van der Waals surface area contributed by atoms with Gasteiger partial charge < -0.3 is 15.4 Å². The summed E-state index contributed by atoms with van der Waals surface area (Å²) in [6.45, 7) is 3.55. The lowest BCUT2D eigenvalue weighted by Crippen LogP contribution is -2.38. The first kappa shape index (κ1) is 19.1. The van der Waals surface area contributed by atoms with E-state index in [2.05, 4.69) is 15.7 Å². The Balaban J connectivity index is 1.68. The number of rotatable bonds is 6. The molecule has 3 atom stereocenters. The maximum atomic E-state index is 12.8. The fourth-order valence-corrected chi connectivity index (χ4v) is 3.55. The first-order valence-corrected chi connectivity index (χ1v) is 9.11. The molecule has 2 heterocycles. The van der Waals surface area contributed by atoms with Crippen LogP contribution in [0, 0.1) is 12.8 Å². The van der Waals surface area contributed by atoms with Crippen LogP contribution in [0.5, 0.6) is 0 Å². The van der Waals surface area contributed by atoms with Crippen molar-refractivity contribution in [2.24, 2.45) is 13.0 Å². The van der Waals surface area contributed by atoms with Gasteiger partial charge in [-0.2, -0.15) is 5.10 Å². The van der Waals surface area contributed by atoms with Crippen molar-refractivity contribution in [3.63, 3.8) is 0 Å². The summed E-state index contributed by atoms with van der Waals surface area (Å²) in [5, 5.41) is 10.4. The van der Waals surface area contributed by atoms with Gasteiger partial charge >= 0.3 is 5.97 Å². The zero-order valence-electron chi connectivity index (χ0n) is 15.9. The Morgan fingerprint density at radius 1 is 1.33 bits per heavy atom. The predicted molar refractivity (Wildman–Crippen MR) is 101 cm³/mol. The van der Waals surface area contributed by atoms with E-state index in [1.807, 2.05) is 50.6 Å². The van der Waals surface area contributed by atoms with E-state index >= 15 is 0 Å². The SMILES string of the molecule is COC(=O)C(CNC(=O)[C@H]1CNC[C@@H]1c1cnn(C)c1)c1ccc(C)cc1. The quantitative estimate of drug-likeness (QED) is 0.744. The maximum Gasteiger partial charge on any atom is 0.314 e. The number of aryl methyl sites for hydroxylation is 2. The summed E-state index contributed by atoms with van der Waals surface area (Å²) in [6.07, 6.45) is 3.75. The molecule has 3 rings (SSSR count). The van der Waals surface area contributed by atoms with Gasteiger partial charge in [-0.1, -0.05) is 29.8 Å². The molecule has 27 heavy (non-hydrogen) atoms. The van der Waals surface area contributed by atoms with Crippen molar-refractivity contribution in [3.8, 4) is 0 Å². The number of carbonyl (C=O) groups excluding carboxylic acids is 2. The second-order valence-corrected chi connectivity index (χ2v) is 7.05.